The van der Waals surface area contributed by atoms with Crippen molar-refractivity contribution in [2.45, 2.75) is 40.5 Å². The molecule has 0 unspecified atom stereocenters. The first-order valence-electron chi connectivity index (χ1n) is 9.41. The number of anilines is 2. The van der Waals surface area contributed by atoms with Crippen LogP contribution in [0, 0.1) is 12.7 Å². The summed E-state index contributed by atoms with van der Waals surface area (Å²) in [6.07, 6.45) is 1.96. The average Bonchev–Trinajstić information content (AvgIpc) is 3.28. The molecule has 0 atom stereocenters. The van der Waals surface area contributed by atoms with E-state index in [1.165, 1.54) is 13.0 Å². The lowest BCUT2D eigenvalue weighted by Crippen LogP contribution is -2.28. The van der Waals surface area contributed by atoms with E-state index in [1.807, 2.05) is 20.8 Å². The van der Waals surface area contributed by atoms with Crippen molar-refractivity contribution < 1.29 is 14.0 Å². The van der Waals surface area contributed by atoms with E-state index in [0.717, 1.165) is 18.4 Å². The second-order valence-electron chi connectivity index (χ2n) is 6.51. The van der Waals surface area contributed by atoms with Gasteiger partial charge in [-0.2, -0.15) is 0 Å². The van der Waals surface area contributed by atoms with Crippen LogP contribution in [0.4, 0.5) is 15.9 Å². The summed E-state index contributed by atoms with van der Waals surface area (Å²) >= 11 is 0. The van der Waals surface area contributed by atoms with E-state index in [1.54, 1.807) is 34.7 Å². The molecule has 1 saturated heterocycles. The summed E-state index contributed by atoms with van der Waals surface area (Å²) in [5.74, 6) is -0.235. The lowest BCUT2D eigenvalue weighted by molar-refractivity contribution is 0.0794. The third-order valence-corrected chi connectivity index (χ3v) is 4.59. The van der Waals surface area contributed by atoms with Gasteiger partial charge in [0.1, 0.15) is 11.6 Å². The van der Waals surface area contributed by atoms with E-state index in [-0.39, 0.29) is 17.4 Å². The van der Waals surface area contributed by atoms with Gasteiger partial charge in [-0.05, 0) is 43.5 Å². The van der Waals surface area contributed by atoms with Gasteiger partial charge in [0.15, 0.2) is 5.78 Å². The molecule has 0 bridgehead atoms. The van der Waals surface area contributed by atoms with E-state index in [9.17, 15) is 14.0 Å². The molecule has 1 aliphatic heterocycles. The van der Waals surface area contributed by atoms with Crippen molar-refractivity contribution in [1.29, 1.82) is 0 Å². The highest BCUT2D eigenvalue weighted by Crippen LogP contribution is 2.28. The second-order valence-corrected chi connectivity index (χ2v) is 6.51. The molecule has 1 N–H and O–H groups in total. The lowest BCUT2D eigenvalue weighted by atomic mass is 10.2. The predicted octanol–water partition coefficient (Wildman–Crippen LogP) is 4.68. The first-order chi connectivity index (χ1) is 12.9. The van der Waals surface area contributed by atoms with Gasteiger partial charge in [0.25, 0.3) is 5.91 Å². The molecule has 1 amide bonds. The molecule has 6 heteroatoms. The summed E-state index contributed by atoms with van der Waals surface area (Å²) in [5, 5.41) is 3.00. The van der Waals surface area contributed by atoms with Gasteiger partial charge in [0.05, 0.1) is 16.9 Å². The monoisotopic (exact) mass is 373 g/mol. The van der Waals surface area contributed by atoms with Crippen molar-refractivity contribution >= 4 is 23.2 Å². The van der Waals surface area contributed by atoms with E-state index in [2.05, 4.69) is 5.32 Å². The molecule has 1 aliphatic rings. The number of aromatic nitrogens is 1. The SMILES string of the molecule is CC.CC(=O)c1cc(C(=O)N2CCCC2)c(Nc2ccc(C)cc2F)n1C. The average molecular weight is 373 g/mol. The summed E-state index contributed by atoms with van der Waals surface area (Å²) in [6, 6.07) is 6.45. The Labute approximate surface area is 160 Å². The van der Waals surface area contributed by atoms with Crippen LogP contribution in [-0.4, -0.2) is 34.2 Å². The maximum Gasteiger partial charge on any atom is 0.257 e. The van der Waals surface area contributed by atoms with Crippen molar-refractivity contribution in [2.24, 2.45) is 7.05 Å². The molecule has 5 nitrogen and oxygen atoms in total. The largest absolute Gasteiger partial charge is 0.339 e. The van der Waals surface area contributed by atoms with Crippen molar-refractivity contribution in [2.75, 3.05) is 18.4 Å². The maximum absolute atomic E-state index is 14.2. The minimum atomic E-state index is -0.398. The molecule has 146 valence electrons. The number of ketones is 1. The van der Waals surface area contributed by atoms with Crippen LogP contribution in [0.3, 0.4) is 0 Å². The number of nitrogens with one attached hydrogen (secondary N) is 1. The van der Waals surface area contributed by atoms with Gasteiger partial charge in [-0.15, -0.1) is 0 Å². The Bertz CT molecular complexity index is 836. The smallest absolute Gasteiger partial charge is 0.257 e. The number of Topliss-reactive ketones (excluding diaryl/α,β-unsaturated/α-hetero) is 1. The number of benzene rings is 1. The standard InChI is InChI=1S/C19H22FN3O2.C2H6/c1-12-6-7-16(15(20)10-12)21-18-14(11-17(13(2)24)22(18)3)19(25)23-8-4-5-9-23;1-2/h6-7,10-11,21H,4-5,8-9H2,1-3H3;1-2H3. The fourth-order valence-electron chi connectivity index (χ4n) is 3.19. The van der Waals surface area contributed by atoms with Crippen LogP contribution < -0.4 is 5.32 Å². The normalized spacial score (nSPS) is 13.2. The minimum absolute atomic E-state index is 0.129. The van der Waals surface area contributed by atoms with Gasteiger partial charge in [-0.1, -0.05) is 19.9 Å². The molecule has 0 saturated carbocycles. The number of amides is 1. The van der Waals surface area contributed by atoms with Crippen LogP contribution in [0.1, 0.15) is 60.0 Å². The second kappa shape index (κ2) is 8.84. The molecule has 0 aliphatic carbocycles. The van der Waals surface area contributed by atoms with Gasteiger partial charge in [-0.3, -0.25) is 9.59 Å². The zero-order chi connectivity index (χ0) is 20.1. The third kappa shape index (κ3) is 4.38. The Morgan fingerprint density at radius 3 is 2.30 bits per heavy atom. The summed E-state index contributed by atoms with van der Waals surface area (Å²) in [4.78, 5) is 26.5. The topological polar surface area (TPSA) is 54.3 Å². The number of likely N-dealkylation sites (tertiary alicyclic amines) is 1. The molecule has 0 spiro atoms. The van der Waals surface area contributed by atoms with E-state index < -0.39 is 5.82 Å². The number of carbonyl (C=O) groups is 2. The fourth-order valence-corrected chi connectivity index (χ4v) is 3.19. The van der Waals surface area contributed by atoms with E-state index in [4.69, 9.17) is 0 Å². The van der Waals surface area contributed by atoms with E-state index >= 15 is 0 Å². The fraction of sp³-hybridized carbons (Fsp3) is 0.429. The number of nitrogens with zero attached hydrogens (tertiary/aromatic N) is 2. The van der Waals surface area contributed by atoms with Crippen molar-refractivity contribution in [3.8, 4) is 0 Å². The highest BCUT2D eigenvalue weighted by Gasteiger charge is 2.26. The molecule has 0 radical (unpaired) electrons. The Kier molecular flexibility index (Phi) is 6.77. The number of halogens is 1. The third-order valence-electron chi connectivity index (χ3n) is 4.59. The quantitative estimate of drug-likeness (QED) is 0.792. The van der Waals surface area contributed by atoms with Crippen molar-refractivity contribution in [1.82, 2.24) is 9.47 Å². The van der Waals surface area contributed by atoms with Gasteiger partial charge < -0.3 is 14.8 Å². The number of aryl methyl sites for hydroxylation is 1. The Morgan fingerprint density at radius 1 is 1.11 bits per heavy atom. The van der Waals surface area contributed by atoms with Gasteiger partial charge in [0.2, 0.25) is 0 Å². The Balaban J connectivity index is 0.00000126. The maximum atomic E-state index is 14.2. The van der Waals surface area contributed by atoms with Gasteiger partial charge in [0, 0.05) is 27.1 Å². The molecule has 3 rings (SSSR count). The summed E-state index contributed by atoms with van der Waals surface area (Å²) in [7, 11) is 1.70. The van der Waals surface area contributed by atoms with Crippen LogP contribution in [0.2, 0.25) is 0 Å². The highest BCUT2D eigenvalue weighted by molar-refractivity contribution is 6.04. The molecular weight excluding hydrogens is 345 g/mol. The summed E-state index contributed by atoms with van der Waals surface area (Å²) < 4.78 is 15.8. The van der Waals surface area contributed by atoms with Gasteiger partial charge in [-0.25, -0.2) is 4.39 Å². The van der Waals surface area contributed by atoms with Crippen LogP contribution in [0.15, 0.2) is 24.3 Å². The Morgan fingerprint density at radius 2 is 1.74 bits per heavy atom. The summed E-state index contributed by atoms with van der Waals surface area (Å²) in [5.41, 5.74) is 1.90. The lowest BCUT2D eigenvalue weighted by Gasteiger charge is -2.17. The van der Waals surface area contributed by atoms with E-state index in [0.29, 0.717) is 30.2 Å². The van der Waals surface area contributed by atoms with Crippen LogP contribution in [-0.2, 0) is 7.05 Å². The Hall–Kier alpha value is -2.63. The number of rotatable bonds is 4. The molecule has 27 heavy (non-hydrogen) atoms. The predicted molar refractivity (Wildman–Crippen MR) is 106 cm³/mol. The first-order valence-corrected chi connectivity index (χ1v) is 9.41. The molecule has 1 fully saturated rings. The molecular formula is C21H28FN3O2. The number of hydrogen-bond donors (Lipinski definition) is 1. The van der Waals surface area contributed by atoms with Crippen molar-refractivity contribution in [3.63, 3.8) is 0 Å². The zero-order valence-electron chi connectivity index (χ0n) is 16.7. The molecule has 1 aromatic carbocycles. The molecule has 2 heterocycles. The van der Waals surface area contributed by atoms with Crippen LogP contribution in [0.5, 0.6) is 0 Å². The van der Waals surface area contributed by atoms with Crippen molar-refractivity contribution in [3.05, 3.63) is 46.9 Å². The first kappa shape index (κ1) is 20.7. The molecule has 1 aromatic heterocycles. The minimum Gasteiger partial charge on any atom is -0.339 e. The van der Waals surface area contributed by atoms with Crippen LogP contribution in [0.25, 0.3) is 0 Å². The van der Waals surface area contributed by atoms with Gasteiger partial charge >= 0.3 is 0 Å². The highest BCUT2D eigenvalue weighted by atomic mass is 19.1. The number of hydrogen-bond acceptors (Lipinski definition) is 3. The molecule has 2 aromatic rings. The summed E-state index contributed by atoms with van der Waals surface area (Å²) in [6.45, 7) is 8.68. The zero-order valence-corrected chi connectivity index (χ0v) is 16.7. The van der Waals surface area contributed by atoms with Crippen LogP contribution >= 0.6 is 0 Å². The number of carbonyl (C=O) groups excluding carboxylic acids is 2.